The van der Waals surface area contributed by atoms with Gasteiger partial charge in [0, 0.05) is 39.1 Å². The number of rotatable bonds is 6. The minimum Gasteiger partial charge on any atom is -0.427 e. The summed E-state index contributed by atoms with van der Waals surface area (Å²) in [5, 5.41) is 3.41. The Hall–Kier alpha value is -1.39. The van der Waals surface area contributed by atoms with Crippen LogP contribution >= 0.6 is 0 Å². The van der Waals surface area contributed by atoms with Crippen molar-refractivity contribution < 1.29 is 9.53 Å². The van der Waals surface area contributed by atoms with Gasteiger partial charge in [-0.1, -0.05) is 31.9 Å². The summed E-state index contributed by atoms with van der Waals surface area (Å²) in [6.07, 6.45) is 3.64. The first-order valence-corrected chi connectivity index (χ1v) is 7.94. The Morgan fingerprint density at radius 1 is 1.29 bits per heavy atom. The molecule has 0 bridgehead atoms. The van der Waals surface area contributed by atoms with Crippen LogP contribution in [0.3, 0.4) is 0 Å². The normalized spacial score (nSPS) is 17.4. The summed E-state index contributed by atoms with van der Waals surface area (Å²) in [6, 6.07) is 8.47. The fourth-order valence-corrected chi connectivity index (χ4v) is 2.88. The molecule has 0 spiro atoms. The molecule has 4 heteroatoms. The maximum Gasteiger partial charge on any atom is 0.308 e. The zero-order valence-electron chi connectivity index (χ0n) is 13.1. The van der Waals surface area contributed by atoms with Gasteiger partial charge >= 0.3 is 5.97 Å². The molecule has 1 aliphatic heterocycles. The molecule has 0 aliphatic carbocycles. The van der Waals surface area contributed by atoms with Crippen LogP contribution in [-0.2, 0) is 4.79 Å². The third kappa shape index (κ3) is 4.83. The Bertz CT molecular complexity index is 439. The number of nitrogens with zero attached hydrogens (tertiary/aromatic N) is 1. The highest BCUT2D eigenvalue weighted by molar-refractivity contribution is 5.69. The van der Waals surface area contributed by atoms with Gasteiger partial charge in [0.2, 0.25) is 0 Å². The average molecular weight is 290 g/mol. The van der Waals surface area contributed by atoms with Crippen molar-refractivity contribution >= 4 is 5.97 Å². The molecule has 0 saturated carbocycles. The van der Waals surface area contributed by atoms with E-state index in [-0.39, 0.29) is 5.97 Å². The van der Waals surface area contributed by atoms with Crippen LogP contribution in [0.5, 0.6) is 5.75 Å². The van der Waals surface area contributed by atoms with E-state index in [0.717, 1.165) is 26.2 Å². The summed E-state index contributed by atoms with van der Waals surface area (Å²) in [5.74, 6) is 0.355. The summed E-state index contributed by atoms with van der Waals surface area (Å²) < 4.78 is 5.11. The lowest BCUT2D eigenvalue weighted by molar-refractivity contribution is -0.131. The van der Waals surface area contributed by atoms with Crippen LogP contribution < -0.4 is 10.1 Å². The maximum atomic E-state index is 11.0. The van der Waals surface area contributed by atoms with Crippen LogP contribution in [0.2, 0.25) is 0 Å². The highest BCUT2D eigenvalue weighted by Crippen LogP contribution is 2.28. The minimum atomic E-state index is -0.271. The van der Waals surface area contributed by atoms with Crippen molar-refractivity contribution in [2.75, 3.05) is 26.2 Å². The molecule has 0 amide bonds. The zero-order valence-corrected chi connectivity index (χ0v) is 13.1. The standard InChI is InChI=1S/C17H26N2O2/c1-3-4-5-17(19-12-10-18-11-13-19)15-6-8-16(9-7-15)21-14(2)20/h6-9,17-18H,3-5,10-13H2,1-2H3/t17-/m1/s1. The zero-order chi connectivity index (χ0) is 15.1. The average Bonchev–Trinajstić information content (AvgIpc) is 2.50. The highest BCUT2D eigenvalue weighted by Gasteiger charge is 2.21. The van der Waals surface area contributed by atoms with E-state index in [4.69, 9.17) is 4.74 Å². The van der Waals surface area contributed by atoms with Gasteiger partial charge in [0.1, 0.15) is 5.75 Å². The third-order valence-corrected chi connectivity index (χ3v) is 3.95. The molecule has 0 unspecified atom stereocenters. The van der Waals surface area contributed by atoms with Gasteiger partial charge in [0.05, 0.1) is 0 Å². The number of esters is 1. The number of hydrogen-bond donors (Lipinski definition) is 1. The van der Waals surface area contributed by atoms with Crippen LogP contribution in [0, 0.1) is 0 Å². The van der Waals surface area contributed by atoms with Crippen LogP contribution in [0.4, 0.5) is 0 Å². The maximum absolute atomic E-state index is 11.0. The van der Waals surface area contributed by atoms with E-state index in [1.165, 1.54) is 31.7 Å². The molecule has 1 atom stereocenters. The smallest absolute Gasteiger partial charge is 0.308 e. The second-order valence-corrected chi connectivity index (χ2v) is 5.61. The molecule has 0 aromatic heterocycles. The number of benzene rings is 1. The lowest BCUT2D eigenvalue weighted by Crippen LogP contribution is -2.45. The van der Waals surface area contributed by atoms with Crippen molar-refractivity contribution in [1.29, 1.82) is 0 Å². The van der Waals surface area contributed by atoms with Crippen molar-refractivity contribution in [1.82, 2.24) is 10.2 Å². The largest absolute Gasteiger partial charge is 0.427 e. The van der Waals surface area contributed by atoms with Crippen LogP contribution in [0.1, 0.15) is 44.7 Å². The van der Waals surface area contributed by atoms with Crippen LogP contribution in [0.25, 0.3) is 0 Å². The fraction of sp³-hybridized carbons (Fsp3) is 0.588. The lowest BCUT2D eigenvalue weighted by Gasteiger charge is -2.35. The molecular weight excluding hydrogens is 264 g/mol. The fourth-order valence-electron chi connectivity index (χ4n) is 2.88. The molecular formula is C17H26N2O2. The van der Waals surface area contributed by atoms with E-state index in [2.05, 4.69) is 29.3 Å². The van der Waals surface area contributed by atoms with Crippen molar-refractivity contribution in [3.05, 3.63) is 29.8 Å². The Labute approximate surface area is 127 Å². The third-order valence-electron chi connectivity index (χ3n) is 3.95. The summed E-state index contributed by atoms with van der Waals surface area (Å²) in [5.41, 5.74) is 1.32. The minimum absolute atomic E-state index is 0.271. The van der Waals surface area contributed by atoms with Crippen molar-refractivity contribution in [3.63, 3.8) is 0 Å². The number of hydrogen-bond acceptors (Lipinski definition) is 4. The predicted octanol–water partition coefficient (Wildman–Crippen LogP) is 2.75. The van der Waals surface area contributed by atoms with E-state index < -0.39 is 0 Å². The SMILES string of the molecule is CCCC[C@H](c1ccc(OC(C)=O)cc1)N1CCNCC1. The molecule has 1 aromatic carbocycles. The molecule has 1 aromatic rings. The number of piperazine rings is 1. The number of carbonyl (C=O) groups is 1. The topological polar surface area (TPSA) is 41.6 Å². The Morgan fingerprint density at radius 3 is 2.52 bits per heavy atom. The number of carbonyl (C=O) groups excluding carboxylic acids is 1. The summed E-state index contributed by atoms with van der Waals surface area (Å²) in [6.45, 7) is 7.99. The van der Waals surface area contributed by atoms with Gasteiger partial charge in [-0.05, 0) is 24.1 Å². The lowest BCUT2D eigenvalue weighted by atomic mass is 9.98. The predicted molar refractivity (Wildman–Crippen MR) is 84.5 cm³/mol. The number of ether oxygens (including phenoxy) is 1. The number of nitrogens with one attached hydrogen (secondary N) is 1. The van der Waals surface area contributed by atoms with Gasteiger partial charge in [0.15, 0.2) is 0 Å². The van der Waals surface area contributed by atoms with E-state index in [9.17, 15) is 4.79 Å². The summed E-state index contributed by atoms with van der Waals surface area (Å²) >= 11 is 0. The van der Waals surface area contributed by atoms with Gasteiger partial charge in [-0.25, -0.2) is 0 Å². The molecule has 1 saturated heterocycles. The van der Waals surface area contributed by atoms with E-state index in [1.54, 1.807) is 0 Å². The highest BCUT2D eigenvalue weighted by atomic mass is 16.5. The molecule has 1 fully saturated rings. The number of unbranched alkanes of at least 4 members (excludes halogenated alkanes) is 1. The van der Waals surface area contributed by atoms with E-state index in [0.29, 0.717) is 11.8 Å². The second kappa shape index (κ2) is 8.15. The molecule has 0 radical (unpaired) electrons. The Balaban J connectivity index is 2.09. The first kappa shape index (κ1) is 16.0. The molecule has 4 nitrogen and oxygen atoms in total. The van der Waals surface area contributed by atoms with Gasteiger partial charge in [-0.15, -0.1) is 0 Å². The summed E-state index contributed by atoms with van der Waals surface area (Å²) in [7, 11) is 0. The monoisotopic (exact) mass is 290 g/mol. The molecule has 1 aliphatic rings. The summed E-state index contributed by atoms with van der Waals surface area (Å²) in [4.78, 5) is 13.5. The first-order valence-electron chi connectivity index (χ1n) is 7.94. The molecule has 116 valence electrons. The van der Waals surface area contributed by atoms with Crippen LogP contribution in [0.15, 0.2) is 24.3 Å². The molecule has 1 heterocycles. The quantitative estimate of drug-likeness (QED) is 0.646. The first-order chi connectivity index (χ1) is 10.2. The van der Waals surface area contributed by atoms with Crippen molar-refractivity contribution in [2.24, 2.45) is 0 Å². The molecule has 21 heavy (non-hydrogen) atoms. The van der Waals surface area contributed by atoms with E-state index in [1.807, 2.05) is 12.1 Å². The molecule has 2 rings (SSSR count). The van der Waals surface area contributed by atoms with Gasteiger partial charge in [-0.3, -0.25) is 9.69 Å². The van der Waals surface area contributed by atoms with Gasteiger partial charge < -0.3 is 10.1 Å². The molecule has 1 N–H and O–H groups in total. The van der Waals surface area contributed by atoms with Crippen LogP contribution in [-0.4, -0.2) is 37.0 Å². The van der Waals surface area contributed by atoms with Gasteiger partial charge in [0.25, 0.3) is 0 Å². The van der Waals surface area contributed by atoms with Gasteiger partial charge in [-0.2, -0.15) is 0 Å². The van der Waals surface area contributed by atoms with E-state index >= 15 is 0 Å². The Kier molecular flexibility index (Phi) is 6.21. The Morgan fingerprint density at radius 2 is 1.95 bits per heavy atom. The van der Waals surface area contributed by atoms with Crippen molar-refractivity contribution in [2.45, 2.75) is 39.2 Å². The van der Waals surface area contributed by atoms with Crippen molar-refractivity contribution in [3.8, 4) is 5.75 Å². The second-order valence-electron chi connectivity index (χ2n) is 5.61.